The first-order valence-electron chi connectivity index (χ1n) is 7.74. The highest BCUT2D eigenvalue weighted by atomic mass is 32.2. The average molecular weight is 353 g/mol. The highest BCUT2D eigenvalue weighted by Crippen LogP contribution is 2.39. The monoisotopic (exact) mass is 353 g/mol. The highest BCUT2D eigenvalue weighted by Gasteiger charge is 2.35. The molecule has 1 fully saturated rings. The number of amides is 1. The molecular formula is C19H19N3O2S. The van der Waals surface area contributed by atoms with Gasteiger partial charge < -0.3 is 9.64 Å². The van der Waals surface area contributed by atoms with E-state index in [2.05, 4.69) is 0 Å². The highest BCUT2D eigenvalue weighted by molar-refractivity contribution is 8.19. The number of anilines is 2. The van der Waals surface area contributed by atoms with Crippen LogP contribution in [-0.4, -0.2) is 32.3 Å². The molecule has 0 bridgehead atoms. The van der Waals surface area contributed by atoms with Gasteiger partial charge in [0, 0.05) is 19.8 Å². The van der Waals surface area contributed by atoms with Gasteiger partial charge in [0.05, 0.1) is 17.7 Å². The van der Waals surface area contributed by atoms with Gasteiger partial charge in [0.2, 0.25) is 0 Å². The number of hydrogen-bond donors (Lipinski definition) is 1. The Morgan fingerprint density at radius 2 is 1.80 bits per heavy atom. The maximum absolute atomic E-state index is 12.8. The Morgan fingerprint density at radius 1 is 1.12 bits per heavy atom. The van der Waals surface area contributed by atoms with E-state index in [1.54, 1.807) is 19.2 Å². The topological polar surface area (TPSA) is 56.6 Å². The largest absolute Gasteiger partial charge is 0.495 e. The number of nitrogens with one attached hydrogen (secondary N) is 1. The molecule has 1 heterocycles. The molecular weight excluding hydrogens is 334 g/mol. The molecule has 0 radical (unpaired) electrons. The molecule has 1 aliphatic heterocycles. The van der Waals surface area contributed by atoms with E-state index in [-0.39, 0.29) is 11.1 Å². The smallest absolute Gasteiger partial charge is 0.271 e. The minimum Gasteiger partial charge on any atom is -0.495 e. The molecule has 25 heavy (non-hydrogen) atoms. The van der Waals surface area contributed by atoms with E-state index in [0.717, 1.165) is 23.0 Å². The lowest BCUT2D eigenvalue weighted by molar-refractivity contribution is -0.113. The quantitative estimate of drug-likeness (QED) is 0.849. The molecule has 2 aromatic carbocycles. The van der Waals surface area contributed by atoms with Gasteiger partial charge >= 0.3 is 0 Å². The molecule has 2 aromatic rings. The summed E-state index contributed by atoms with van der Waals surface area (Å²) in [6.45, 7) is 0. The van der Waals surface area contributed by atoms with Gasteiger partial charge in [0.25, 0.3) is 5.91 Å². The standard InChI is InChI=1S/C19H19N3O2S/c1-21(2)14-10-8-13(9-11-14)12-17-18(23)22(19(20)25-17)15-6-4-5-7-16(15)24-3/h4-12,20H,1-3H3/b17-12+,20-19?. The zero-order chi connectivity index (χ0) is 18.0. The van der Waals surface area contributed by atoms with Crippen molar-refractivity contribution in [2.45, 2.75) is 0 Å². The van der Waals surface area contributed by atoms with Crippen molar-refractivity contribution in [2.75, 3.05) is 31.0 Å². The maximum atomic E-state index is 12.8. The van der Waals surface area contributed by atoms with Gasteiger partial charge in [0.15, 0.2) is 5.17 Å². The summed E-state index contributed by atoms with van der Waals surface area (Å²) in [5.74, 6) is 0.356. The number of carbonyl (C=O) groups excluding carboxylic acids is 1. The average Bonchev–Trinajstić information content (AvgIpc) is 2.89. The van der Waals surface area contributed by atoms with E-state index in [4.69, 9.17) is 10.1 Å². The summed E-state index contributed by atoms with van der Waals surface area (Å²) >= 11 is 1.16. The van der Waals surface area contributed by atoms with Crippen LogP contribution in [-0.2, 0) is 4.79 Å². The third-order valence-electron chi connectivity index (χ3n) is 3.86. The van der Waals surface area contributed by atoms with Gasteiger partial charge in [-0.2, -0.15) is 0 Å². The third kappa shape index (κ3) is 3.39. The Hall–Kier alpha value is -2.73. The second-order valence-corrected chi connectivity index (χ2v) is 6.74. The molecule has 1 aliphatic rings. The van der Waals surface area contributed by atoms with Crippen LogP contribution in [0.4, 0.5) is 11.4 Å². The Bertz CT molecular complexity index is 844. The van der Waals surface area contributed by atoms with E-state index in [1.165, 1.54) is 4.90 Å². The number of para-hydroxylation sites is 2. The number of nitrogens with zero attached hydrogens (tertiary/aromatic N) is 2. The number of rotatable bonds is 4. The number of hydrogen-bond acceptors (Lipinski definition) is 5. The summed E-state index contributed by atoms with van der Waals surface area (Å²) < 4.78 is 5.32. The first-order chi connectivity index (χ1) is 12.0. The third-order valence-corrected chi connectivity index (χ3v) is 4.75. The summed E-state index contributed by atoms with van der Waals surface area (Å²) in [6, 6.07) is 15.1. The molecule has 3 rings (SSSR count). The summed E-state index contributed by atoms with van der Waals surface area (Å²) in [5, 5.41) is 8.37. The number of thioether (sulfide) groups is 1. The molecule has 1 N–H and O–H groups in total. The lowest BCUT2D eigenvalue weighted by atomic mass is 10.2. The summed E-state index contributed by atoms with van der Waals surface area (Å²) in [6.07, 6.45) is 1.82. The van der Waals surface area contributed by atoms with E-state index in [0.29, 0.717) is 16.3 Å². The molecule has 0 saturated carbocycles. The molecule has 0 aliphatic carbocycles. The predicted molar refractivity (Wildman–Crippen MR) is 105 cm³/mol. The van der Waals surface area contributed by atoms with Crippen molar-refractivity contribution in [1.29, 1.82) is 5.41 Å². The second-order valence-electron chi connectivity index (χ2n) is 5.71. The molecule has 0 atom stereocenters. The predicted octanol–water partition coefficient (Wildman–Crippen LogP) is 3.82. The first-order valence-corrected chi connectivity index (χ1v) is 8.56. The van der Waals surface area contributed by atoms with Crippen molar-refractivity contribution >= 4 is 40.3 Å². The fourth-order valence-corrected chi connectivity index (χ4v) is 3.39. The van der Waals surface area contributed by atoms with Gasteiger partial charge in [-0.25, -0.2) is 0 Å². The maximum Gasteiger partial charge on any atom is 0.271 e. The van der Waals surface area contributed by atoms with Crippen LogP contribution in [0.5, 0.6) is 5.75 Å². The lowest BCUT2D eigenvalue weighted by Gasteiger charge is -2.17. The number of carbonyl (C=O) groups is 1. The minimum absolute atomic E-state index is 0.172. The van der Waals surface area contributed by atoms with Crippen LogP contribution in [0.3, 0.4) is 0 Å². The van der Waals surface area contributed by atoms with Crippen molar-refractivity contribution in [3.05, 3.63) is 59.0 Å². The Balaban J connectivity index is 1.90. The van der Waals surface area contributed by atoms with Crippen molar-refractivity contribution in [2.24, 2.45) is 0 Å². The normalized spacial score (nSPS) is 15.8. The SMILES string of the molecule is COc1ccccc1N1C(=N)S/C(=C/c2ccc(N(C)C)cc2)C1=O. The fourth-order valence-electron chi connectivity index (χ4n) is 2.54. The number of amidine groups is 1. The van der Waals surface area contributed by atoms with Gasteiger partial charge in [-0.15, -0.1) is 0 Å². The zero-order valence-corrected chi connectivity index (χ0v) is 15.1. The summed E-state index contributed by atoms with van der Waals surface area (Å²) in [4.78, 5) is 16.7. The Labute approximate surface area is 151 Å². The number of methoxy groups -OCH3 is 1. The summed E-state index contributed by atoms with van der Waals surface area (Å²) in [5.41, 5.74) is 2.60. The van der Waals surface area contributed by atoms with E-state index in [9.17, 15) is 4.79 Å². The van der Waals surface area contributed by atoms with Crippen LogP contribution in [0.25, 0.3) is 6.08 Å². The molecule has 0 aromatic heterocycles. The Kier molecular flexibility index (Phi) is 4.81. The minimum atomic E-state index is -0.212. The van der Waals surface area contributed by atoms with Gasteiger partial charge in [-0.05, 0) is 47.7 Å². The van der Waals surface area contributed by atoms with Crippen molar-refractivity contribution < 1.29 is 9.53 Å². The van der Waals surface area contributed by atoms with Crippen LogP contribution in [0, 0.1) is 5.41 Å². The first kappa shape index (κ1) is 17.1. The van der Waals surface area contributed by atoms with E-state index < -0.39 is 0 Å². The van der Waals surface area contributed by atoms with Crippen molar-refractivity contribution in [3.63, 3.8) is 0 Å². The molecule has 0 spiro atoms. The van der Waals surface area contributed by atoms with Crippen molar-refractivity contribution in [3.8, 4) is 5.75 Å². The van der Waals surface area contributed by atoms with Gasteiger partial charge in [-0.1, -0.05) is 24.3 Å². The number of benzene rings is 2. The van der Waals surface area contributed by atoms with E-state index in [1.807, 2.05) is 61.5 Å². The molecule has 1 amide bonds. The number of ether oxygens (including phenoxy) is 1. The van der Waals surface area contributed by atoms with Crippen LogP contribution in [0.2, 0.25) is 0 Å². The van der Waals surface area contributed by atoms with E-state index >= 15 is 0 Å². The molecule has 1 saturated heterocycles. The van der Waals surface area contributed by atoms with Crippen molar-refractivity contribution in [1.82, 2.24) is 0 Å². The zero-order valence-electron chi connectivity index (χ0n) is 14.3. The molecule has 128 valence electrons. The summed E-state index contributed by atoms with van der Waals surface area (Å²) in [7, 11) is 5.52. The van der Waals surface area contributed by atoms with Crippen LogP contribution < -0.4 is 14.5 Å². The Morgan fingerprint density at radius 3 is 2.44 bits per heavy atom. The second kappa shape index (κ2) is 7.03. The van der Waals surface area contributed by atoms with Gasteiger partial charge in [-0.3, -0.25) is 15.1 Å². The van der Waals surface area contributed by atoms with Crippen LogP contribution in [0.1, 0.15) is 5.56 Å². The van der Waals surface area contributed by atoms with Crippen LogP contribution in [0.15, 0.2) is 53.4 Å². The molecule has 0 unspecified atom stereocenters. The fraction of sp³-hybridized carbons (Fsp3) is 0.158. The van der Waals surface area contributed by atoms with Gasteiger partial charge in [0.1, 0.15) is 5.75 Å². The van der Waals surface area contributed by atoms with Crippen LogP contribution >= 0.6 is 11.8 Å². The molecule has 5 nitrogen and oxygen atoms in total. The lowest BCUT2D eigenvalue weighted by Crippen LogP contribution is -2.28. The molecule has 6 heteroatoms.